The maximum Gasteiger partial charge on any atom is 0.0771 e. The lowest BCUT2D eigenvalue weighted by atomic mass is 9.79. The Kier molecular flexibility index (Phi) is 3.18. The first kappa shape index (κ1) is 11.9. The van der Waals surface area contributed by atoms with Gasteiger partial charge in [0.15, 0.2) is 0 Å². The zero-order valence-corrected chi connectivity index (χ0v) is 10.7. The molecule has 0 aromatic heterocycles. The van der Waals surface area contributed by atoms with Crippen molar-refractivity contribution in [2.24, 2.45) is 0 Å². The van der Waals surface area contributed by atoms with Gasteiger partial charge in [-0.25, -0.2) is 0 Å². The van der Waals surface area contributed by atoms with Crippen LogP contribution in [0.25, 0.3) is 0 Å². The van der Waals surface area contributed by atoms with Crippen molar-refractivity contribution in [1.29, 1.82) is 0 Å². The summed E-state index contributed by atoms with van der Waals surface area (Å²) in [6.45, 7) is 1.68. The second-order valence-corrected chi connectivity index (χ2v) is 6.39. The predicted octanol–water partition coefficient (Wildman–Crippen LogP) is 1.98. The Hall–Kier alpha value is -0.120. The van der Waals surface area contributed by atoms with E-state index in [2.05, 4.69) is 5.32 Å². The SMILES string of the molecule is OC1(CNC2CCOC3(CCCC3)C2)CCC1. The molecule has 1 spiro atoms. The van der Waals surface area contributed by atoms with Gasteiger partial charge in [-0.1, -0.05) is 12.8 Å². The van der Waals surface area contributed by atoms with Crippen molar-refractivity contribution < 1.29 is 9.84 Å². The summed E-state index contributed by atoms with van der Waals surface area (Å²) in [6, 6.07) is 0.562. The van der Waals surface area contributed by atoms with E-state index in [1.807, 2.05) is 0 Å². The summed E-state index contributed by atoms with van der Waals surface area (Å²) in [5.41, 5.74) is -0.195. The van der Waals surface area contributed by atoms with E-state index in [0.717, 1.165) is 38.8 Å². The minimum absolute atomic E-state index is 0.193. The number of hydrogen-bond donors (Lipinski definition) is 2. The van der Waals surface area contributed by atoms with Crippen molar-refractivity contribution in [1.82, 2.24) is 5.32 Å². The molecule has 2 saturated carbocycles. The highest BCUT2D eigenvalue weighted by Crippen LogP contribution is 2.40. The summed E-state index contributed by atoms with van der Waals surface area (Å²) >= 11 is 0. The van der Waals surface area contributed by atoms with E-state index >= 15 is 0 Å². The molecule has 3 nitrogen and oxygen atoms in total. The van der Waals surface area contributed by atoms with Crippen LogP contribution in [0.3, 0.4) is 0 Å². The van der Waals surface area contributed by atoms with Crippen molar-refractivity contribution in [3.63, 3.8) is 0 Å². The third-order valence-electron chi connectivity index (χ3n) is 5.01. The monoisotopic (exact) mass is 239 g/mol. The first-order valence-electron chi connectivity index (χ1n) is 7.30. The Labute approximate surface area is 104 Å². The average molecular weight is 239 g/mol. The van der Waals surface area contributed by atoms with Crippen LogP contribution < -0.4 is 5.32 Å². The van der Waals surface area contributed by atoms with Gasteiger partial charge in [0.1, 0.15) is 0 Å². The highest BCUT2D eigenvalue weighted by molar-refractivity contribution is 4.96. The van der Waals surface area contributed by atoms with E-state index in [1.54, 1.807) is 0 Å². The molecule has 3 fully saturated rings. The van der Waals surface area contributed by atoms with Crippen LogP contribution in [-0.2, 0) is 4.74 Å². The van der Waals surface area contributed by atoms with E-state index in [0.29, 0.717) is 6.04 Å². The lowest BCUT2D eigenvalue weighted by Gasteiger charge is -2.42. The summed E-state index contributed by atoms with van der Waals surface area (Å²) in [4.78, 5) is 0. The van der Waals surface area contributed by atoms with Crippen molar-refractivity contribution in [2.45, 2.75) is 75.0 Å². The fourth-order valence-corrected chi connectivity index (χ4v) is 3.67. The molecule has 0 bridgehead atoms. The molecule has 0 aromatic carbocycles. The lowest BCUT2D eigenvalue weighted by Crippen LogP contribution is -2.52. The van der Waals surface area contributed by atoms with Gasteiger partial charge < -0.3 is 15.2 Å². The van der Waals surface area contributed by atoms with Gasteiger partial charge in [0, 0.05) is 19.2 Å². The Morgan fingerprint density at radius 1 is 1.12 bits per heavy atom. The summed E-state index contributed by atoms with van der Waals surface area (Å²) in [7, 11) is 0. The second-order valence-electron chi connectivity index (χ2n) is 6.39. The van der Waals surface area contributed by atoms with Crippen LogP contribution in [0.5, 0.6) is 0 Å². The van der Waals surface area contributed by atoms with Gasteiger partial charge in [-0.2, -0.15) is 0 Å². The molecule has 1 atom stereocenters. The molecule has 1 aliphatic heterocycles. The molecule has 17 heavy (non-hydrogen) atoms. The first-order chi connectivity index (χ1) is 8.20. The molecule has 1 heterocycles. The van der Waals surface area contributed by atoms with Gasteiger partial charge in [0.2, 0.25) is 0 Å². The standard InChI is InChI=1S/C14H25NO2/c16-13(5-3-6-13)11-15-12-4-9-17-14(10-12)7-1-2-8-14/h12,15-16H,1-11H2. The third kappa shape index (κ3) is 2.51. The minimum Gasteiger partial charge on any atom is -0.389 e. The molecule has 98 valence electrons. The van der Waals surface area contributed by atoms with Crippen LogP contribution in [0, 0.1) is 0 Å². The van der Waals surface area contributed by atoms with Gasteiger partial charge in [0.25, 0.3) is 0 Å². The molecule has 0 amide bonds. The summed E-state index contributed by atoms with van der Waals surface area (Å²) in [5.74, 6) is 0. The second kappa shape index (κ2) is 4.52. The normalized spacial score (nSPS) is 34.8. The molecule has 1 unspecified atom stereocenters. The number of ether oxygens (including phenoxy) is 1. The molecule has 3 heteroatoms. The number of nitrogens with one attached hydrogen (secondary N) is 1. The van der Waals surface area contributed by atoms with Crippen molar-refractivity contribution in [3.05, 3.63) is 0 Å². The predicted molar refractivity (Wildman–Crippen MR) is 67.0 cm³/mol. The molecule has 3 aliphatic rings. The number of hydrogen-bond acceptors (Lipinski definition) is 3. The van der Waals surface area contributed by atoms with Gasteiger partial charge in [0.05, 0.1) is 11.2 Å². The van der Waals surface area contributed by atoms with E-state index in [1.165, 1.54) is 32.1 Å². The smallest absolute Gasteiger partial charge is 0.0771 e. The highest BCUT2D eigenvalue weighted by Gasteiger charge is 2.41. The van der Waals surface area contributed by atoms with Crippen LogP contribution >= 0.6 is 0 Å². The van der Waals surface area contributed by atoms with Crippen LogP contribution in [0.1, 0.15) is 57.8 Å². The van der Waals surface area contributed by atoms with Crippen molar-refractivity contribution >= 4 is 0 Å². The Morgan fingerprint density at radius 2 is 1.88 bits per heavy atom. The van der Waals surface area contributed by atoms with E-state index in [-0.39, 0.29) is 11.2 Å². The summed E-state index contributed by atoms with van der Waals surface area (Å²) in [6.07, 6.45) is 10.6. The average Bonchev–Trinajstić information content (AvgIpc) is 2.72. The Morgan fingerprint density at radius 3 is 2.53 bits per heavy atom. The number of rotatable bonds is 3. The van der Waals surface area contributed by atoms with Gasteiger partial charge >= 0.3 is 0 Å². The molecular weight excluding hydrogens is 214 g/mol. The third-order valence-corrected chi connectivity index (χ3v) is 5.01. The maximum absolute atomic E-state index is 10.1. The van der Waals surface area contributed by atoms with E-state index < -0.39 is 0 Å². The van der Waals surface area contributed by atoms with Crippen molar-refractivity contribution in [3.8, 4) is 0 Å². The van der Waals surface area contributed by atoms with E-state index in [9.17, 15) is 5.11 Å². The quantitative estimate of drug-likeness (QED) is 0.791. The molecule has 0 aromatic rings. The summed E-state index contributed by atoms with van der Waals surface area (Å²) in [5, 5.41) is 13.7. The Balaban J connectivity index is 1.50. The highest BCUT2D eigenvalue weighted by atomic mass is 16.5. The minimum atomic E-state index is -0.388. The fraction of sp³-hybridized carbons (Fsp3) is 1.00. The Bertz CT molecular complexity index is 269. The maximum atomic E-state index is 10.1. The van der Waals surface area contributed by atoms with Crippen LogP contribution in [0.15, 0.2) is 0 Å². The largest absolute Gasteiger partial charge is 0.389 e. The molecule has 2 aliphatic carbocycles. The van der Waals surface area contributed by atoms with Gasteiger partial charge in [-0.05, 0) is 44.9 Å². The molecule has 3 rings (SSSR count). The first-order valence-corrected chi connectivity index (χ1v) is 7.30. The summed E-state index contributed by atoms with van der Waals surface area (Å²) < 4.78 is 6.03. The van der Waals surface area contributed by atoms with Crippen molar-refractivity contribution in [2.75, 3.05) is 13.2 Å². The van der Waals surface area contributed by atoms with E-state index in [4.69, 9.17) is 4.74 Å². The zero-order valence-electron chi connectivity index (χ0n) is 10.7. The fourth-order valence-electron chi connectivity index (χ4n) is 3.67. The molecule has 0 radical (unpaired) electrons. The molecule has 1 saturated heterocycles. The van der Waals surface area contributed by atoms with Gasteiger partial charge in [-0.15, -0.1) is 0 Å². The van der Waals surface area contributed by atoms with Gasteiger partial charge in [-0.3, -0.25) is 0 Å². The van der Waals surface area contributed by atoms with Crippen LogP contribution in [0.4, 0.5) is 0 Å². The molecular formula is C14H25NO2. The number of aliphatic hydroxyl groups is 1. The zero-order chi connectivity index (χ0) is 11.8. The topological polar surface area (TPSA) is 41.5 Å². The molecule has 2 N–H and O–H groups in total. The van der Waals surface area contributed by atoms with Crippen LogP contribution in [-0.4, -0.2) is 35.5 Å². The lowest BCUT2D eigenvalue weighted by molar-refractivity contribution is -0.0896. The van der Waals surface area contributed by atoms with Crippen LogP contribution in [0.2, 0.25) is 0 Å².